The van der Waals surface area contributed by atoms with Gasteiger partial charge in [-0.2, -0.15) is 0 Å². The van der Waals surface area contributed by atoms with Crippen LogP contribution in [0.2, 0.25) is 0 Å². The van der Waals surface area contributed by atoms with E-state index >= 15 is 0 Å². The molecule has 0 fully saturated rings. The van der Waals surface area contributed by atoms with Crippen LogP contribution in [0.15, 0.2) is 36.5 Å². The number of aliphatic hydroxyl groups is 1. The van der Waals surface area contributed by atoms with Gasteiger partial charge in [0, 0.05) is 24.0 Å². The fourth-order valence-corrected chi connectivity index (χ4v) is 2.75. The zero-order valence-corrected chi connectivity index (χ0v) is 18.2. The number of carbonyl (C=O) groups excluding carboxylic acids is 1. The standard InChI is InChI=1S/C22H31FN4O3/c1-22(2,3)30-21(29)26-16-7-8-17(18(23)14-16)20(28)15-9-11-25-19(13-15)24-10-6-12-27(4)5/h7-9,11,13-14,20,28H,6,10,12H2,1-5H3,(H,24,25)(H,26,29). The van der Waals surface area contributed by atoms with Crippen molar-refractivity contribution in [1.29, 1.82) is 0 Å². The maximum atomic E-state index is 14.6. The maximum Gasteiger partial charge on any atom is 0.412 e. The van der Waals surface area contributed by atoms with Crippen LogP contribution < -0.4 is 10.6 Å². The van der Waals surface area contributed by atoms with Crippen molar-refractivity contribution in [1.82, 2.24) is 9.88 Å². The Bertz CT molecular complexity index is 853. The number of hydrogen-bond donors (Lipinski definition) is 3. The van der Waals surface area contributed by atoms with Crippen LogP contribution in [0.5, 0.6) is 0 Å². The highest BCUT2D eigenvalue weighted by molar-refractivity contribution is 5.84. The number of nitrogens with one attached hydrogen (secondary N) is 2. The van der Waals surface area contributed by atoms with Crippen molar-refractivity contribution in [2.24, 2.45) is 0 Å². The first kappa shape index (κ1) is 23.6. The van der Waals surface area contributed by atoms with Crippen LogP contribution >= 0.6 is 0 Å². The fourth-order valence-electron chi connectivity index (χ4n) is 2.75. The van der Waals surface area contributed by atoms with Crippen molar-refractivity contribution in [3.63, 3.8) is 0 Å². The molecule has 7 nitrogen and oxygen atoms in total. The van der Waals surface area contributed by atoms with E-state index in [2.05, 4.69) is 20.5 Å². The van der Waals surface area contributed by atoms with E-state index in [0.717, 1.165) is 25.6 Å². The van der Waals surface area contributed by atoms with E-state index < -0.39 is 23.6 Å². The van der Waals surface area contributed by atoms with Gasteiger partial charge >= 0.3 is 6.09 Å². The number of rotatable bonds is 8. The van der Waals surface area contributed by atoms with E-state index in [0.29, 0.717) is 11.4 Å². The summed E-state index contributed by atoms with van der Waals surface area (Å²) in [6.07, 6.45) is 0.686. The van der Waals surface area contributed by atoms with Gasteiger partial charge in [-0.3, -0.25) is 5.32 Å². The Morgan fingerprint density at radius 1 is 1.27 bits per heavy atom. The largest absolute Gasteiger partial charge is 0.444 e. The molecule has 1 heterocycles. The molecule has 3 N–H and O–H groups in total. The topological polar surface area (TPSA) is 86.7 Å². The first-order valence-corrected chi connectivity index (χ1v) is 9.87. The fraction of sp³-hybridized carbons (Fsp3) is 0.455. The molecule has 0 aliphatic rings. The lowest BCUT2D eigenvalue weighted by Gasteiger charge is -2.20. The molecule has 0 saturated heterocycles. The molecular formula is C22H31FN4O3. The van der Waals surface area contributed by atoms with Crippen LogP contribution in [0, 0.1) is 5.82 Å². The maximum absolute atomic E-state index is 14.6. The van der Waals surface area contributed by atoms with E-state index in [9.17, 15) is 14.3 Å². The zero-order valence-electron chi connectivity index (χ0n) is 18.2. The molecular weight excluding hydrogens is 387 g/mol. The highest BCUT2D eigenvalue weighted by Gasteiger charge is 2.19. The summed E-state index contributed by atoms with van der Waals surface area (Å²) < 4.78 is 19.8. The second-order valence-electron chi connectivity index (χ2n) is 8.32. The minimum Gasteiger partial charge on any atom is -0.444 e. The number of aromatic nitrogens is 1. The second kappa shape index (κ2) is 10.4. The number of benzene rings is 1. The minimum absolute atomic E-state index is 0.106. The molecule has 0 aliphatic carbocycles. The average molecular weight is 419 g/mol. The molecule has 0 radical (unpaired) electrons. The van der Waals surface area contributed by atoms with Crippen LogP contribution in [0.4, 0.5) is 20.7 Å². The van der Waals surface area contributed by atoms with Gasteiger partial charge < -0.3 is 20.1 Å². The van der Waals surface area contributed by atoms with Crippen LogP contribution in [0.25, 0.3) is 0 Å². The summed E-state index contributed by atoms with van der Waals surface area (Å²) in [6.45, 7) is 6.92. The quantitative estimate of drug-likeness (QED) is 0.562. The molecule has 1 aromatic heterocycles. The summed E-state index contributed by atoms with van der Waals surface area (Å²) in [5, 5.41) is 16.3. The molecule has 164 valence electrons. The zero-order chi connectivity index (χ0) is 22.3. The average Bonchev–Trinajstić information content (AvgIpc) is 2.63. The third kappa shape index (κ3) is 7.61. The molecule has 0 bridgehead atoms. The van der Waals surface area contributed by atoms with E-state index in [1.165, 1.54) is 12.1 Å². The predicted octanol–water partition coefficient (Wildman–Crippen LogP) is 4.01. The molecule has 1 atom stereocenters. The van der Waals surface area contributed by atoms with Crippen molar-refractivity contribution >= 4 is 17.6 Å². The van der Waals surface area contributed by atoms with Crippen molar-refractivity contribution in [2.45, 2.75) is 38.9 Å². The summed E-state index contributed by atoms with van der Waals surface area (Å²) in [5.41, 5.74) is 0.218. The highest BCUT2D eigenvalue weighted by Crippen LogP contribution is 2.27. The normalized spacial score (nSPS) is 12.5. The Hall–Kier alpha value is -2.71. The minimum atomic E-state index is -1.16. The molecule has 8 heteroatoms. The van der Waals surface area contributed by atoms with Crippen molar-refractivity contribution in [2.75, 3.05) is 37.8 Å². The first-order chi connectivity index (χ1) is 14.0. The third-order valence-corrected chi connectivity index (χ3v) is 4.13. The van der Waals surface area contributed by atoms with Gasteiger partial charge in [0.2, 0.25) is 0 Å². The van der Waals surface area contributed by atoms with Gasteiger partial charge in [0.25, 0.3) is 0 Å². The summed E-state index contributed by atoms with van der Waals surface area (Å²) in [4.78, 5) is 18.2. The number of hydrogen-bond acceptors (Lipinski definition) is 6. The Morgan fingerprint density at radius 3 is 2.63 bits per heavy atom. The van der Waals surface area contributed by atoms with Crippen molar-refractivity contribution in [3.8, 4) is 0 Å². The van der Waals surface area contributed by atoms with Gasteiger partial charge in [0.05, 0.1) is 0 Å². The lowest BCUT2D eigenvalue weighted by molar-refractivity contribution is 0.0636. The number of pyridine rings is 1. The van der Waals surface area contributed by atoms with E-state index in [-0.39, 0.29) is 11.3 Å². The van der Waals surface area contributed by atoms with Gasteiger partial charge in [0.1, 0.15) is 23.3 Å². The smallest absolute Gasteiger partial charge is 0.412 e. The number of nitrogens with zero attached hydrogens (tertiary/aromatic N) is 2. The molecule has 0 aliphatic heterocycles. The van der Waals surface area contributed by atoms with Crippen LogP contribution in [0.3, 0.4) is 0 Å². The van der Waals surface area contributed by atoms with E-state index in [1.54, 1.807) is 39.1 Å². The molecule has 0 saturated carbocycles. The van der Waals surface area contributed by atoms with Crippen LogP contribution in [-0.2, 0) is 4.74 Å². The number of anilines is 2. The Labute approximate surface area is 177 Å². The number of carbonyl (C=O) groups is 1. The molecule has 0 spiro atoms. The van der Waals surface area contributed by atoms with Crippen molar-refractivity contribution < 1.29 is 19.0 Å². The summed E-state index contributed by atoms with van der Waals surface area (Å²) in [5.74, 6) is -0.0118. The molecule has 30 heavy (non-hydrogen) atoms. The highest BCUT2D eigenvalue weighted by atomic mass is 19.1. The van der Waals surface area contributed by atoms with E-state index in [1.807, 2.05) is 14.1 Å². The lowest BCUT2D eigenvalue weighted by atomic mass is 10.0. The summed E-state index contributed by atoms with van der Waals surface area (Å²) in [7, 11) is 4.02. The molecule has 2 rings (SSSR count). The number of ether oxygens (including phenoxy) is 1. The Morgan fingerprint density at radius 2 is 2.00 bits per heavy atom. The monoisotopic (exact) mass is 418 g/mol. The molecule has 1 amide bonds. The van der Waals surface area contributed by atoms with Gasteiger partial charge in [-0.25, -0.2) is 14.2 Å². The van der Waals surface area contributed by atoms with Crippen molar-refractivity contribution in [3.05, 3.63) is 53.5 Å². The third-order valence-electron chi connectivity index (χ3n) is 4.13. The summed E-state index contributed by atoms with van der Waals surface area (Å²) in [6, 6.07) is 7.46. The summed E-state index contributed by atoms with van der Waals surface area (Å²) >= 11 is 0. The Kier molecular flexibility index (Phi) is 8.14. The number of aliphatic hydroxyl groups excluding tert-OH is 1. The van der Waals surface area contributed by atoms with Gasteiger partial charge in [-0.05, 0) is 77.7 Å². The SMILES string of the molecule is CN(C)CCCNc1cc(C(O)c2ccc(NC(=O)OC(C)(C)C)cc2F)ccn1. The van der Waals surface area contributed by atoms with Gasteiger partial charge in [0.15, 0.2) is 0 Å². The van der Waals surface area contributed by atoms with Crippen LogP contribution in [0.1, 0.15) is 44.4 Å². The predicted molar refractivity (Wildman–Crippen MR) is 116 cm³/mol. The first-order valence-electron chi connectivity index (χ1n) is 9.87. The molecule has 1 aromatic carbocycles. The van der Waals surface area contributed by atoms with Crippen LogP contribution in [-0.4, -0.2) is 53.9 Å². The van der Waals surface area contributed by atoms with Gasteiger partial charge in [-0.1, -0.05) is 6.07 Å². The molecule has 2 aromatic rings. The van der Waals surface area contributed by atoms with E-state index in [4.69, 9.17) is 4.74 Å². The number of amides is 1. The van der Waals surface area contributed by atoms with Gasteiger partial charge in [-0.15, -0.1) is 0 Å². The lowest BCUT2D eigenvalue weighted by Crippen LogP contribution is -2.27. The Balaban J connectivity index is 2.05. The number of halogens is 1. The molecule has 1 unspecified atom stereocenters. The second-order valence-corrected chi connectivity index (χ2v) is 8.32.